The number of hydrogen-bond acceptors (Lipinski definition) is 5. The quantitative estimate of drug-likeness (QED) is 0.355. The predicted octanol–water partition coefficient (Wildman–Crippen LogP) is -0.467. The second-order valence-corrected chi connectivity index (χ2v) is 2.65. The Morgan fingerprint density at radius 1 is 1.62 bits per heavy atom. The maximum absolute atomic E-state index is 10.1. The van der Waals surface area contributed by atoms with Crippen molar-refractivity contribution in [3.8, 4) is 6.07 Å². The molecule has 6 heteroatoms. The van der Waals surface area contributed by atoms with Gasteiger partial charge in [0.15, 0.2) is 5.70 Å². The van der Waals surface area contributed by atoms with Crippen LogP contribution in [0.5, 0.6) is 0 Å². The van der Waals surface area contributed by atoms with Crippen LogP contribution in [0.4, 0.5) is 0 Å². The minimum absolute atomic E-state index is 0.131. The maximum Gasteiger partial charge on any atom is 0.268 e. The van der Waals surface area contributed by atoms with Gasteiger partial charge in [-0.3, -0.25) is 10.1 Å². The van der Waals surface area contributed by atoms with Gasteiger partial charge in [0.05, 0.1) is 4.92 Å². The molecular weight excluding hydrogens is 172 g/mol. The molecule has 6 nitrogen and oxygen atoms in total. The molecule has 1 aliphatic heterocycles. The smallest absolute Gasteiger partial charge is 0.268 e. The van der Waals surface area contributed by atoms with Crippen molar-refractivity contribution in [2.45, 2.75) is 0 Å². The monoisotopic (exact) mass is 182 g/mol. The molecular formula is C7H10N4O2. The topological polar surface area (TPSA) is 82.2 Å². The van der Waals surface area contributed by atoms with Crippen molar-refractivity contribution in [1.29, 1.82) is 5.26 Å². The van der Waals surface area contributed by atoms with Gasteiger partial charge in [0, 0.05) is 26.2 Å². The zero-order chi connectivity index (χ0) is 9.68. The minimum atomic E-state index is -0.597. The van der Waals surface area contributed by atoms with Crippen molar-refractivity contribution in [1.82, 2.24) is 10.2 Å². The molecule has 0 aliphatic carbocycles. The third kappa shape index (κ3) is 2.72. The van der Waals surface area contributed by atoms with Gasteiger partial charge in [-0.05, 0) is 0 Å². The molecule has 0 spiro atoms. The van der Waals surface area contributed by atoms with Crippen LogP contribution in [-0.2, 0) is 0 Å². The van der Waals surface area contributed by atoms with Crippen LogP contribution in [0.3, 0.4) is 0 Å². The van der Waals surface area contributed by atoms with Gasteiger partial charge in [-0.2, -0.15) is 5.26 Å². The molecule has 1 saturated heterocycles. The fourth-order valence-electron chi connectivity index (χ4n) is 1.19. The van der Waals surface area contributed by atoms with Crippen LogP contribution in [0, 0.1) is 21.4 Å². The number of nitrogens with zero attached hydrogens (tertiary/aromatic N) is 3. The summed E-state index contributed by atoms with van der Waals surface area (Å²) in [6.45, 7) is 2.81. The highest BCUT2D eigenvalue weighted by Gasteiger charge is 2.15. The molecule has 0 aromatic rings. The lowest BCUT2D eigenvalue weighted by atomic mass is 10.3. The summed E-state index contributed by atoms with van der Waals surface area (Å²) in [6, 6.07) is 1.82. The highest BCUT2D eigenvalue weighted by Crippen LogP contribution is 2.03. The van der Waals surface area contributed by atoms with Crippen LogP contribution in [0.15, 0.2) is 11.9 Å². The molecule has 0 radical (unpaired) electrons. The zero-order valence-corrected chi connectivity index (χ0v) is 7.06. The van der Waals surface area contributed by atoms with E-state index >= 15 is 0 Å². The van der Waals surface area contributed by atoms with Gasteiger partial charge in [-0.1, -0.05) is 0 Å². The fourth-order valence-corrected chi connectivity index (χ4v) is 1.19. The first kappa shape index (κ1) is 9.48. The second kappa shape index (κ2) is 4.42. The largest absolute Gasteiger partial charge is 0.355 e. The van der Waals surface area contributed by atoms with Gasteiger partial charge < -0.3 is 10.2 Å². The maximum atomic E-state index is 10.1. The number of hydrogen-bond donors (Lipinski definition) is 1. The number of nitrogens with one attached hydrogen (secondary N) is 1. The first-order valence-electron chi connectivity index (χ1n) is 3.95. The summed E-state index contributed by atoms with van der Waals surface area (Å²) in [5, 5.41) is 21.9. The van der Waals surface area contributed by atoms with Crippen molar-refractivity contribution < 1.29 is 4.92 Å². The summed E-state index contributed by atoms with van der Waals surface area (Å²) < 4.78 is 0. The Hall–Kier alpha value is -1.61. The summed E-state index contributed by atoms with van der Waals surface area (Å²) >= 11 is 0. The number of rotatable bonds is 2. The van der Waals surface area contributed by atoms with Crippen molar-refractivity contribution in [3.63, 3.8) is 0 Å². The first-order chi connectivity index (χ1) is 6.24. The lowest BCUT2D eigenvalue weighted by Gasteiger charge is -2.26. The number of nitriles is 1. The second-order valence-electron chi connectivity index (χ2n) is 2.65. The van der Waals surface area contributed by atoms with E-state index in [4.69, 9.17) is 5.26 Å². The number of piperazine rings is 1. The summed E-state index contributed by atoms with van der Waals surface area (Å²) in [5.74, 6) is 0. The van der Waals surface area contributed by atoms with Crippen LogP contribution in [0.2, 0.25) is 0 Å². The SMILES string of the molecule is N#C/C(=C\[N+](=O)[O-])N1CCNCC1. The van der Waals surface area contributed by atoms with Crippen molar-refractivity contribution in [2.75, 3.05) is 26.2 Å². The molecule has 1 rings (SSSR count). The lowest BCUT2D eigenvalue weighted by molar-refractivity contribution is -0.404. The Kier molecular flexibility index (Phi) is 3.23. The van der Waals surface area contributed by atoms with E-state index in [1.165, 1.54) is 0 Å². The van der Waals surface area contributed by atoms with Crippen molar-refractivity contribution >= 4 is 0 Å². The highest BCUT2D eigenvalue weighted by atomic mass is 16.6. The van der Waals surface area contributed by atoms with Crippen LogP contribution < -0.4 is 5.32 Å². The first-order valence-corrected chi connectivity index (χ1v) is 3.95. The van der Waals surface area contributed by atoms with E-state index in [0.29, 0.717) is 13.1 Å². The Morgan fingerprint density at radius 2 is 2.23 bits per heavy atom. The van der Waals surface area contributed by atoms with Crippen LogP contribution >= 0.6 is 0 Å². The van der Waals surface area contributed by atoms with Crippen LogP contribution in [0.25, 0.3) is 0 Å². The number of allylic oxidation sites excluding steroid dienone is 1. The number of nitro groups is 1. The van der Waals surface area contributed by atoms with Crippen LogP contribution in [-0.4, -0.2) is 36.0 Å². The van der Waals surface area contributed by atoms with Crippen molar-refractivity contribution in [3.05, 3.63) is 22.0 Å². The molecule has 0 aromatic carbocycles. The summed E-state index contributed by atoms with van der Waals surface area (Å²) in [5.41, 5.74) is 0.131. The van der Waals surface area contributed by atoms with E-state index in [0.717, 1.165) is 19.3 Å². The fraction of sp³-hybridized carbons (Fsp3) is 0.571. The Balaban J connectivity index is 2.66. The molecule has 0 saturated carbocycles. The predicted molar refractivity (Wildman–Crippen MR) is 45.1 cm³/mol. The van der Waals surface area contributed by atoms with E-state index in [1.807, 2.05) is 6.07 Å². The molecule has 13 heavy (non-hydrogen) atoms. The molecule has 1 aliphatic rings. The van der Waals surface area contributed by atoms with Gasteiger partial charge >= 0.3 is 0 Å². The normalized spacial score (nSPS) is 18.1. The Bertz CT molecular complexity index is 262. The Morgan fingerprint density at radius 3 is 2.69 bits per heavy atom. The molecule has 1 N–H and O–H groups in total. The highest BCUT2D eigenvalue weighted by molar-refractivity contribution is 5.17. The van der Waals surface area contributed by atoms with Crippen LogP contribution in [0.1, 0.15) is 0 Å². The third-order valence-corrected chi connectivity index (χ3v) is 1.80. The Labute approximate surface area is 75.6 Å². The molecule has 1 fully saturated rings. The molecule has 0 atom stereocenters. The molecule has 70 valence electrons. The summed E-state index contributed by atoms with van der Waals surface area (Å²) in [4.78, 5) is 11.3. The van der Waals surface area contributed by atoms with Gasteiger partial charge in [0.1, 0.15) is 6.07 Å². The molecule has 1 heterocycles. The van der Waals surface area contributed by atoms with E-state index in [-0.39, 0.29) is 5.70 Å². The average molecular weight is 182 g/mol. The molecule has 0 amide bonds. The standard InChI is InChI=1S/C7H10N4O2/c8-5-7(6-11(12)13)10-3-1-9-2-4-10/h6,9H,1-4H2/b7-6+. The third-order valence-electron chi connectivity index (χ3n) is 1.80. The lowest BCUT2D eigenvalue weighted by Crippen LogP contribution is -2.42. The van der Waals surface area contributed by atoms with E-state index in [9.17, 15) is 10.1 Å². The summed E-state index contributed by atoms with van der Waals surface area (Å²) in [6.07, 6.45) is 0.755. The van der Waals surface area contributed by atoms with Gasteiger partial charge in [-0.25, -0.2) is 0 Å². The van der Waals surface area contributed by atoms with Crippen molar-refractivity contribution in [2.24, 2.45) is 0 Å². The molecule has 0 aromatic heterocycles. The summed E-state index contributed by atoms with van der Waals surface area (Å²) in [7, 11) is 0. The van der Waals surface area contributed by atoms with E-state index in [2.05, 4.69) is 5.32 Å². The van der Waals surface area contributed by atoms with E-state index in [1.54, 1.807) is 4.90 Å². The van der Waals surface area contributed by atoms with Gasteiger partial charge in [-0.15, -0.1) is 0 Å². The average Bonchev–Trinajstić information content (AvgIpc) is 2.15. The van der Waals surface area contributed by atoms with Gasteiger partial charge in [0.2, 0.25) is 0 Å². The molecule has 0 unspecified atom stereocenters. The van der Waals surface area contributed by atoms with Gasteiger partial charge in [0.25, 0.3) is 6.20 Å². The van der Waals surface area contributed by atoms with E-state index < -0.39 is 4.92 Å². The molecule has 0 bridgehead atoms. The minimum Gasteiger partial charge on any atom is -0.355 e. The zero-order valence-electron chi connectivity index (χ0n) is 7.06.